The minimum atomic E-state index is -0.619. The quantitative estimate of drug-likeness (QED) is 0.568. The number of ketones is 1. The normalized spacial score (nSPS) is 10.4. The molecule has 0 fully saturated rings. The Bertz CT molecular complexity index is 794. The van der Waals surface area contributed by atoms with Gasteiger partial charge in [0.25, 0.3) is 0 Å². The van der Waals surface area contributed by atoms with Gasteiger partial charge < -0.3 is 14.8 Å². The molecule has 2 aromatic carbocycles. The van der Waals surface area contributed by atoms with E-state index in [1.165, 1.54) is 12.5 Å². The number of esters is 1. The maximum atomic E-state index is 12.1. The Morgan fingerprint density at radius 1 is 0.926 bits per heavy atom. The molecule has 6 heteroatoms. The van der Waals surface area contributed by atoms with Gasteiger partial charge in [-0.1, -0.05) is 26.0 Å². The summed E-state index contributed by atoms with van der Waals surface area (Å²) in [4.78, 5) is 34.8. The van der Waals surface area contributed by atoms with Gasteiger partial charge in [-0.25, -0.2) is 4.79 Å². The van der Waals surface area contributed by atoms with Crippen molar-refractivity contribution < 1.29 is 23.9 Å². The highest BCUT2D eigenvalue weighted by molar-refractivity contribution is 5.98. The molecule has 0 aromatic heterocycles. The zero-order valence-corrected chi connectivity index (χ0v) is 15.7. The third kappa shape index (κ3) is 6.58. The third-order valence-corrected chi connectivity index (χ3v) is 3.79. The second kappa shape index (κ2) is 9.52. The van der Waals surface area contributed by atoms with Gasteiger partial charge in [0.15, 0.2) is 19.0 Å². The van der Waals surface area contributed by atoms with E-state index in [9.17, 15) is 14.4 Å². The van der Waals surface area contributed by atoms with E-state index in [0.29, 0.717) is 22.9 Å². The Hall–Kier alpha value is -3.15. The number of carbonyl (C=O) groups is 3. The molecule has 0 spiro atoms. The Labute approximate surface area is 158 Å². The van der Waals surface area contributed by atoms with E-state index in [0.717, 1.165) is 0 Å². The topological polar surface area (TPSA) is 81.7 Å². The fourth-order valence-electron chi connectivity index (χ4n) is 2.30. The molecule has 0 unspecified atom stereocenters. The summed E-state index contributed by atoms with van der Waals surface area (Å²) in [5, 5.41) is 2.61. The molecule has 0 aliphatic heterocycles. The van der Waals surface area contributed by atoms with Crippen LogP contribution in [0.5, 0.6) is 5.75 Å². The van der Waals surface area contributed by atoms with Crippen molar-refractivity contribution in [1.82, 2.24) is 0 Å². The van der Waals surface area contributed by atoms with Crippen LogP contribution in [0.3, 0.4) is 0 Å². The molecule has 27 heavy (non-hydrogen) atoms. The van der Waals surface area contributed by atoms with E-state index < -0.39 is 5.97 Å². The second-order valence-electron chi connectivity index (χ2n) is 6.35. The first-order valence-corrected chi connectivity index (χ1v) is 8.64. The van der Waals surface area contributed by atoms with Gasteiger partial charge in [-0.2, -0.15) is 0 Å². The van der Waals surface area contributed by atoms with Gasteiger partial charge in [0.2, 0.25) is 5.91 Å². The van der Waals surface area contributed by atoms with Crippen LogP contribution in [0.25, 0.3) is 0 Å². The van der Waals surface area contributed by atoms with Crippen LogP contribution >= 0.6 is 0 Å². The third-order valence-electron chi connectivity index (χ3n) is 3.79. The van der Waals surface area contributed by atoms with Gasteiger partial charge in [0.05, 0.1) is 0 Å². The number of hydrogen-bond donors (Lipinski definition) is 1. The number of Topliss-reactive ketones (excluding diaryl/α,β-unsaturated/α-hetero) is 1. The fraction of sp³-hybridized carbons (Fsp3) is 0.286. The van der Waals surface area contributed by atoms with Gasteiger partial charge in [-0.15, -0.1) is 0 Å². The number of rotatable bonds is 8. The molecule has 0 aliphatic rings. The zero-order chi connectivity index (χ0) is 19.8. The Kier molecular flexibility index (Phi) is 7.11. The number of anilines is 1. The highest BCUT2D eigenvalue weighted by Crippen LogP contribution is 2.18. The second-order valence-corrected chi connectivity index (χ2v) is 6.35. The molecule has 1 amide bonds. The number of carbonyl (C=O) groups excluding carboxylic acids is 3. The summed E-state index contributed by atoms with van der Waals surface area (Å²) in [6, 6.07) is 13.8. The van der Waals surface area contributed by atoms with Crippen LogP contribution in [0.15, 0.2) is 48.5 Å². The van der Waals surface area contributed by atoms with Crippen molar-refractivity contribution in [3.8, 4) is 5.75 Å². The predicted octanol–water partition coefficient (Wildman–Crippen LogP) is 3.57. The van der Waals surface area contributed by atoms with Crippen LogP contribution in [0.4, 0.5) is 5.69 Å². The Morgan fingerprint density at radius 3 is 2.11 bits per heavy atom. The molecule has 0 aliphatic carbocycles. The highest BCUT2D eigenvalue weighted by Gasteiger charge is 2.11. The van der Waals surface area contributed by atoms with E-state index in [2.05, 4.69) is 19.2 Å². The lowest BCUT2D eigenvalue weighted by Crippen LogP contribution is -2.19. The lowest BCUT2D eigenvalue weighted by atomic mass is 10.0. The summed E-state index contributed by atoms with van der Waals surface area (Å²) < 4.78 is 10.3. The summed E-state index contributed by atoms with van der Waals surface area (Å²) in [7, 11) is 0. The minimum absolute atomic E-state index is 0.193. The zero-order valence-electron chi connectivity index (χ0n) is 15.7. The molecule has 0 saturated heterocycles. The molecule has 6 nitrogen and oxygen atoms in total. The number of amides is 1. The summed E-state index contributed by atoms with van der Waals surface area (Å²) in [5.41, 5.74) is 2.16. The molecule has 142 valence electrons. The fourth-order valence-corrected chi connectivity index (χ4v) is 2.30. The maximum absolute atomic E-state index is 12.1. The van der Waals surface area contributed by atoms with Crippen molar-refractivity contribution in [2.45, 2.75) is 26.7 Å². The van der Waals surface area contributed by atoms with E-state index in [1.807, 2.05) is 12.1 Å². The summed E-state index contributed by atoms with van der Waals surface area (Å²) in [6.45, 7) is 4.96. The number of nitrogens with one attached hydrogen (secondary N) is 1. The standard InChI is InChI=1S/C21H23NO5/c1-14(2)16-6-10-19(11-7-16)26-13-21(25)27-12-20(24)17-4-8-18(9-5-17)22-15(3)23/h4-11,14H,12-13H2,1-3H3,(H,22,23). The molecule has 0 atom stereocenters. The maximum Gasteiger partial charge on any atom is 0.344 e. The molecule has 0 radical (unpaired) electrons. The van der Waals surface area contributed by atoms with Gasteiger partial charge >= 0.3 is 5.97 Å². The summed E-state index contributed by atoms with van der Waals surface area (Å²) in [6.07, 6.45) is 0. The van der Waals surface area contributed by atoms with Crippen LogP contribution in [0, 0.1) is 0 Å². The average Bonchev–Trinajstić information content (AvgIpc) is 2.65. The smallest absolute Gasteiger partial charge is 0.344 e. The lowest BCUT2D eigenvalue weighted by molar-refractivity contribution is -0.144. The van der Waals surface area contributed by atoms with Gasteiger partial charge in [0.1, 0.15) is 5.75 Å². The van der Waals surface area contributed by atoms with Crippen molar-refractivity contribution in [1.29, 1.82) is 0 Å². The molecule has 0 saturated carbocycles. The molecule has 0 heterocycles. The van der Waals surface area contributed by atoms with E-state index >= 15 is 0 Å². The molecule has 0 bridgehead atoms. The van der Waals surface area contributed by atoms with Crippen LogP contribution < -0.4 is 10.1 Å². The van der Waals surface area contributed by atoms with Crippen LogP contribution in [0.1, 0.15) is 42.6 Å². The molecule has 2 rings (SSSR count). The van der Waals surface area contributed by atoms with E-state index in [1.54, 1.807) is 36.4 Å². The lowest BCUT2D eigenvalue weighted by Gasteiger charge is -2.09. The van der Waals surface area contributed by atoms with Gasteiger partial charge in [0, 0.05) is 18.2 Å². The molecular weight excluding hydrogens is 346 g/mol. The average molecular weight is 369 g/mol. The monoisotopic (exact) mass is 369 g/mol. The first kappa shape index (κ1) is 20.2. The van der Waals surface area contributed by atoms with Crippen molar-refractivity contribution in [2.75, 3.05) is 18.5 Å². The van der Waals surface area contributed by atoms with Gasteiger partial charge in [-0.05, 0) is 47.9 Å². The van der Waals surface area contributed by atoms with Crippen LogP contribution in [-0.2, 0) is 14.3 Å². The SMILES string of the molecule is CC(=O)Nc1ccc(C(=O)COC(=O)COc2ccc(C(C)C)cc2)cc1. The van der Waals surface area contributed by atoms with E-state index in [-0.39, 0.29) is 24.9 Å². The van der Waals surface area contributed by atoms with Crippen molar-refractivity contribution in [2.24, 2.45) is 0 Å². The van der Waals surface area contributed by atoms with Crippen molar-refractivity contribution in [3.05, 3.63) is 59.7 Å². The Balaban J connectivity index is 1.77. The van der Waals surface area contributed by atoms with E-state index in [4.69, 9.17) is 9.47 Å². The summed E-state index contributed by atoms with van der Waals surface area (Å²) >= 11 is 0. The molecule has 2 aromatic rings. The van der Waals surface area contributed by atoms with Crippen molar-refractivity contribution in [3.63, 3.8) is 0 Å². The molecular formula is C21H23NO5. The highest BCUT2D eigenvalue weighted by atomic mass is 16.6. The first-order valence-electron chi connectivity index (χ1n) is 8.64. The molecule has 1 N–H and O–H groups in total. The first-order chi connectivity index (χ1) is 12.8. The van der Waals surface area contributed by atoms with Crippen LogP contribution in [-0.4, -0.2) is 30.9 Å². The summed E-state index contributed by atoms with van der Waals surface area (Å²) in [5.74, 6) is -0.161. The predicted molar refractivity (Wildman–Crippen MR) is 102 cm³/mol. The van der Waals surface area contributed by atoms with Gasteiger partial charge in [-0.3, -0.25) is 9.59 Å². The minimum Gasteiger partial charge on any atom is -0.482 e. The largest absolute Gasteiger partial charge is 0.482 e. The van der Waals surface area contributed by atoms with Crippen molar-refractivity contribution >= 4 is 23.3 Å². The number of ether oxygens (including phenoxy) is 2. The Morgan fingerprint density at radius 2 is 1.56 bits per heavy atom. The number of benzene rings is 2. The number of hydrogen-bond acceptors (Lipinski definition) is 5. The van der Waals surface area contributed by atoms with Crippen LogP contribution in [0.2, 0.25) is 0 Å².